The van der Waals surface area contributed by atoms with E-state index in [9.17, 15) is 4.79 Å². The van der Waals surface area contributed by atoms with Crippen LogP contribution in [0.4, 0.5) is 0 Å². The van der Waals surface area contributed by atoms with Crippen LogP contribution in [0.15, 0.2) is 24.4 Å². The number of hydrogen-bond donors (Lipinski definition) is 1. The van der Waals surface area contributed by atoms with Gasteiger partial charge in [0.15, 0.2) is 5.82 Å². The van der Waals surface area contributed by atoms with E-state index in [2.05, 4.69) is 22.3 Å². The van der Waals surface area contributed by atoms with E-state index in [1.807, 2.05) is 32.0 Å². The lowest BCUT2D eigenvalue weighted by Gasteiger charge is -2.20. The molecule has 5 heteroatoms. The number of carbonyl (C=O) groups is 1. The van der Waals surface area contributed by atoms with Gasteiger partial charge in [0.25, 0.3) is 5.91 Å². The minimum absolute atomic E-state index is 0.0131. The number of hydrogen-bond acceptors (Lipinski definition) is 3. The van der Waals surface area contributed by atoms with Gasteiger partial charge in [-0.2, -0.15) is 5.10 Å². The molecule has 0 bridgehead atoms. The van der Waals surface area contributed by atoms with Crippen LogP contribution in [0.5, 0.6) is 0 Å². The number of carbonyl (C=O) groups excluding carboxylic acids is 1. The van der Waals surface area contributed by atoms with Gasteiger partial charge in [0.1, 0.15) is 0 Å². The maximum Gasteiger partial charge on any atom is 0.253 e. The Morgan fingerprint density at radius 1 is 1.32 bits per heavy atom. The van der Waals surface area contributed by atoms with Gasteiger partial charge in [0.05, 0.1) is 11.3 Å². The molecule has 0 spiro atoms. The Morgan fingerprint density at radius 2 is 2.16 bits per heavy atom. The van der Waals surface area contributed by atoms with Gasteiger partial charge >= 0.3 is 0 Å². The molecule has 0 aliphatic heterocycles. The molecule has 3 rings (SSSR count). The number of nitrogens with one attached hydrogen (secondary N) is 1. The quantitative estimate of drug-likeness (QED) is 0.865. The molecule has 25 heavy (non-hydrogen) atoms. The van der Waals surface area contributed by atoms with E-state index in [0.29, 0.717) is 17.5 Å². The summed E-state index contributed by atoms with van der Waals surface area (Å²) in [5, 5.41) is 7.66. The van der Waals surface area contributed by atoms with E-state index in [1.54, 1.807) is 10.9 Å². The molecule has 0 saturated heterocycles. The van der Waals surface area contributed by atoms with Gasteiger partial charge in [-0.3, -0.25) is 4.79 Å². The van der Waals surface area contributed by atoms with Crippen molar-refractivity contribution < 1.29 is 4.79 Å². The molecular weight excluding hydrogens is 312 g/mol. The van der Waals surface area contributed by atoms with Crippen molar-refractivity contribution in [2.45, 2.75) is 65.3 Å². The first kappa shape index (κ1) is 17.6. The molecule has 0 radical (unpaired) electrons. The molecule has 2 atom stereocenters. The Morgan fingerprint density at radius 3 is 2.80 bits per heavy atom. The lowest BCUT2D eigenvalue weighted by molar-refractivity contribution is 0.0926. The van der Waals surface area contributed by atoms with Crippen molar-refractivity contribution in [1.29, 1.82) is 0 Å². The second-order valence-corrected chi connectivity index (χ2v) is 7.16. The minimum Gasteiger partial charge on any atom is -0.349 e. The summed E-state index contributed by atoms with van der Waals surface area (Å²) in [6, 6.07) is 6.02. The first-order valence-electron chi connectivity index (χ1n) is 9.39. The molecule has 2 heterocycles. The summed E-state index contributed by atoms with van der Waals surface area (Å²) >= 11 is 0. The van der Waals surface area contributed by atoms with Gasteiger partial charge in [-0.05, 0) is 57.2 Å². The summed E-state index contributed by atoms with van der Waals surface area (Å²) in [4.78, 5) is 17.0. The Kier molecular flexibility index (Phi) is 5.51. The first-order valence-corrected chi connectivity index (χ1v) is 9.39. The van der Waals surface area contributed by atoms with Crippen molar-refractivity contribution in [3.8, 4) is 5.82 Å². The van der Waals surface area contributed by atoms with Crippen molar-refractivity contribution in [3.63, 3.8) is 0 Å². The van der Waals surface area contributed by atoms with Gasteiger partial charge in [-0.15, -0.1) is 0 Å². The summed E-state index contributed by atoms with van der Waals surface area (Å²) in [7, 11) is 0. The Balaban J connectivity index is 1.65. The van der Waals surface area contributed by atoms with Gasteiger partial charge in [-0.1, -0.05) is 26.2 Å². The maximum atomic E-state index is 12.6. The van der Waals surface area contributed by atoms with Crippen molar-refractivity contribution >= 4 is 5.91 Å². The number of rotatable bonds is 6. The summed E-state index contributed by atoms with van der Waals surface area (Å²) in [5.74, 6) is 1.36. The van der Waals surface area contributed by atoms with Crippen molar-refractivity contribution in [2.24, 2.45) is 5.92 Å². The molecule has 0 aromatic carbocycles. The van der Waals surface area contributed by atoms with E-state index in [1.165, 1.54) is 32.1 Å². The third-order valence-corrected chi connectivity index (χ3v) is 5.14. The van der Waals surface area contributed by atoms with Crippen LogP contribution in [0.2, 0.25) is 0 Å². The highest BCUT2D eigenvalue weighted by molar-refractivity contribution is 5.94. The summed E-state index contributed by atoms with van der Waals surface area (Å²) in [6.07, 6.45) is 8.88. The fraction of sp³-hybridized carbons (Fsp3) is 0.550. The van der Waals surface area contributed by atoms with Gasteiger partial charge in [0, 0.05) is 17.9 Å². The zero-order chi connectivity index (χ0) is 17.8. The van der Waals surface area contributed by atoms with Crippen LogP contribution in [0.1, 0.15) is 67.2 Å². The van der Waals surface area contributed by atoms with Crippen LogP contribution in [-0.4, -0.2) is 26.7 Å². The Bertz CT molecular complexity index is 720. The topological polar surface area (TPSA) is 59.8 Å². The standard InChI is InChI=1S/C20H28N4O/c1-4-5-7-16-8-6-9-18(16)22-20(25)17-10-11-19(21-13-17)24-15(3)12-14(2)23-24/h10-13,16,18H,4-9H2,1-3H3,(H,22,25). The monoisotopic (exact) mass is 340 g/mol. The van der Waals surface area contributed by atoms with Gasteiger partial charge in [-0.25, -0.2) is 9.67 Å². The molecule has 5 nitrogen and oxygen atoms in total. The van der Waals surface area contributed by atoms with Crippen molar-refractivity contribution in [1.82, 2.24) is 20.1 Å². The van der Waals surface area contributed by atoms with E-state index in [4.69, 9.17) is 0 Å². The Labute approximate surface area is 149 Å². The molecule has 134 valence electrons. The zero-order valence-electron chi connectivity index (χ0n) is 15.5. The maximum absolute atomic E-state index is 12.6. The normalized spacial score (nSPS) is 20.0. The highest BCUT2D eigenvalue weighted by Crippen LogP contribution is 2.30. The molecule has 2 unspecified atom stereocenters. The van der Waals surface area contributed by atoms with Crippen LogP contribution >= 0.6 is 0 Å². The van der Waals surface area contributed by atoms with Crippen molar-refractivity contribution in [3.05, 3.63) is 41.3 Å². The number of nitrogens with zero attached hydrogens (tertiary/aromatic N) is 3. The lowest BCUT2D eigenvalue weighted by atomic mass is 9.96. The average molecular weight is 340 g/mol. The van der Waals surface area contributed by atoms with Crippen LogP contribution in [0.25, 0.3) is 5.82 Å². The molecule has 1 N–H and O–H groups in total. The second kappa shape index (κ2) is 7.81. The third kappa shape index (κ3) is 4.09. The van der Waals surface area contributed by atoms with E-state index in [-0.39, 0.29) is 5.91 Å². The number of aromatic nitrogens is 3. The fourth-order valence-corrected chi connectivity index (χ4v) is 3.80. The van der Waals surface area contributed by atoms with Crippen LogP contribution in [-0.2, 0) is 0 Å². The number of pyridine rings is 1. The van der Waals surface area contributed by atoms with Gasteiger partial charge < -0.3 is 5.32 Å². The number of amides is 1. The van der Waals surface area contributed by atoms with Crippen LogP contribution in [0, 0.1) is 19.8 Å². The molecule has 1 aliphatic rings. The smallest absolute Gasteiger partial charge is 0.253 e. The minimum atomic E-state index is -0.0131. The number of aryl methyl sites for hydroxylation is 2. The average Bonchev–Trinajstić information content (AvgIpc) is 3.18. The van der Waals surface area contributed by atoms with Gasteiger partial charge in [0.2, 0.25) is 0 Å². The first-order chi connectivity index (χ1) is 12.1. The third-order valence-electron chi connectivity index (χ3n) is 5.14. The second-order valence-electron chi connectivity index (χ2n) is 7.16. The SMILES string of the molecule is CCCCC1CCCC1NC(=O)c1ccc(-n2nc(C)cc2C)nc1. The summed E-state index contributed by atoms with van der Waals surface area (Å²) in [5.41, 5.74) is 2.61. The molecular formula is C20H28N4O. The van der Waals surface area contributed by atoms with E-state index >= 15 is 0 Å². The molecule has 1 saturated carbocycles. The molecule has 2 aromatic rings. The van der Waals surface area contributed by atoms with E-state index < -0.39 is 0 Å². The van der Waals surface area contributed by atoms with E-state index in [0.717, 1.165) is 23.6 Å². The lowest BCUT2D eigenvalue weighted by Crippen LogP contribution is -2.37. The summed E-state index contributed by atoms with van der Waals surface area (Å²) < 4.78 is 1.80. The fourth-order valence-electron chi connectivity index (χ4n) is 3.80. The largest absolute Gasteiger partial charge is 0.349 e. The predicted molar refractivity (Wildman–Crippen MR) is 99.0 cm³/mol. The molecule has 1 aliphatic carbocycles. The van der Waals surface area contributed by atoms with Crippen LogP contribution in [0.3, 0.4) is 0 Å². The van der Waals surface area contributed by atoms with Crippen LogP contribution < -0.4 is 5.32 Å². The number of unbranched alkanes of at least 4 members (excludes halogenated alkanes) is 1. The zero-order valence-corrected chi connectivity index (χ0v) is 15.5. The Hall–Kier alpha value is -2.17. The molecule has 1 fully saturated rings. The highest BCUT2D eigenvalue weighted by atomic mass is 16.1. The van der Waals surface area contributed by atoms with Crippen molar-refractivity contribution in [2.75, 3.05) is 0 Å². The molecule has 1 amide bonds. The predicted octanol–water partition coefficient (Wildman–Crippen LogP) is 3.97. The molecule has 2 aromatic heterocycles. The summed E-state index contributed by atoms with van der Waals surface area (Å²) in [6.45, 7) is 6.18. The highest BCUT2D eigenvalue weighted by Gasteiger charge is 2.28.